The molecule has 0 aromatic carbocycles. The van der Waals surface area contributed by atoms with Crippen molar-refractivity contribution >= 4 is 22.6 Å². The molecule has 0 fully saturated rings. The number of nitrogens with zero attached hydrogens (tertiary/aromatic N) is 4. The van der Waals surface area contributed by atoms with Gasteiger partial charge < -0.3 is 9.09 Å². The number of amides is 1. The van der Waals surface area contributed by atoms with Gasteiger partial charge in [-0.3, -0.25) is 14.3 Å². The molecule has 1 N–H and O–H groups in total. The monoisotopic (exact) mass is 325 g/mol. The van der Waals surface area contributed by atoms with E-state index in [9.17, 15) is 9.00 Å². The number of hydrogen-bond donors (Lipinski definition) is 1. The van der Waals surface area contributed by atoms with Gasteiger partial charge in [0.05, 0.1) is 5.69 Å². The Labute approximate surface area is 130 Å². The molecule has 2 heterocycles. The molecule has 120 valence electrons. The minimum atomic E-state index is -1.62. The largest absolute Gasteiger partial charge is 0.338 e. The van der Waals surface area contributed by atoms with E-state index >= 15 is 0 Å². The van der Waals surface area contributed by atoms with Crippen LogP contribution in [0, 0.1) is 6.92 Å². The number of carbonyl (C=O) groups is 1. The Balaban J connectivity index is 2.13. The van der Waals surface area contributed by atoms with Crippen molar-refractivity contribution in [2.45, 2.75) is 44.0 Å². The van der Waals surface area contributed by atoms with Crippen LogP contribution < -0.4 is 5.32 Å². The molecular weight excluding hydrogens is 306 g/mol. The van der Waals surface area contributed by atoms with Gasteiger partial charge in [0.15, 0.2) is 0 Å². The van der Waals surface area contributed by atoms with Crippen LogP contribution in [0.1, 0.15) is 38.2 Å². The SMILES string of the molecule is Cc1cc(NC(=O)C(C)S(=O)c2nnc(C(C)C)n2C)on1. The van der Waals surface area contributed by atoms with Crippen molar-refractivity contribution in [3.8, 4) is 0 Å². The predicted octanol–water partition coefficient (Wildman–Crippen LogP) is 1.37. The molecular formula is C13H19N5O3S. The van der Waals surface area contributed by atoms with Gasteiger partial charge >= 0.3 is 0 Å². The number of aryl methyl sites for hydroxylation is 1. The first-order valence-electron chi connectivity index (χ1n) is 6.85. The molecule has 0 bridgehead atoms. The quantitative estimate of drug-likeness (QED) is 0.890. The molecule has 0 aliphatic carbocycles. The van der Waals surface area contributed by atoms with E-state index in [2.05, 4.69) is 20.7 Å². The first kappa shape index (κ1) is 16.3. The number of aromatic nitrogens is 4. The number of hydrogen-bond acceptors (Lipinski definition) is 6. The summed E-state index contributed by atoms with van der Waals surface area (Å²) >= 11 is 0. The van der Waals surface area contributed by atoms with Gasteiger partial charge in [-0.2, -0.15) is 0 Å². The first-order chi connectivity index (χ1) is 10.3. The molecule has 8 nitrogen and oxygen atoms in total. The molecule has 0 spiro atoms. The van der Waals surface area contributed by atoms with Gasteiger partial charge in [0.25, 0.3) is 0 Å². The highest BCUT2D eigenvalue weighted by molar-refractivity contribution is 7.86. The molecule has 22 heavy (non-hydrogen) atoms. The lowest BCUT2D eigenvalue weighted by Crippen LogP contribution is -2.30. The van der Waals surface area contributed by atoms with Crippen LogP contribution in [0.5, 0.6) is 0 Å². The van der Waals surface area contributed by atoms with E-state index < -0.39 is 22.0 Å². The normalized spacial score (nSPS) is 14.1. The Morgan fingerprint density at radius 2 is 2.05 bits per heavy atom. The minimum Gasteiger partial charge on any atom is -0.338 e. The standard InChI is InChI=1S/C13H19N5O3S/c1-7(2)11-15-16-13(18(11)5)22(20)9(4)12(19)14-10-6-8(3)17-21-10/h6-7,9H,1-5H3,(H,14,19). The maximum atomic E-state index is 12.5. The Hall–Kier alpha value is -2.03. The molecule has 0 aliphatic heterocycles. The Bertz CT molecular complexity index is 706. The van der Waals surface area contributed by atoms with E-state index in [4.69, 9.17) is 4.52 Å². The third-order valence-electron chi connectivity index (χ3n) is 3.13. The van der Waals surface area contributed by atoms with Crippen LogP contribution in [0.4, 0.5) is 5.88 Å². The fraction of sp³-hybridized carbons (Fsp3) is 0.538. The fourth-order valence-corrected chi connectivity index (χ4v) is 2.96. The number of nitrogens with one attached hydrogen (secondary N) is 1. The third kappa shape index (κ3) is 3.24. The van der Waals surface area contributed by atoms with Gasteiger partial charge in [0, 0.05) is 19.0 Å². The number of carbonyl (C=O) groups excluding carboxylic acids is 1. The van der Waals surface area contributed by atoms with Crippen molar-refractivity contribution < 1.29 is 13.5 Å². The molecule has 2 atom stereocenters. The lowest BCUT2D eigenvalue weighted by molar-refractivity contribution is -0.115. The summed E-state index contributed by atoms with van der Waals surface area (Å²) in [6.07, 6.45) is 0. The van der Waals surface area contributed by atoms with Crippen molar-refractivity contribution in [3.63, 3.8) is 0 Å². The summed E-state index contributed by atoms with van der Waals surface area (Å²) in [5.41, 5.74) is 0.652. The van der Waals surface area contributed by atoms with Gasteiger partial charge in [-0.1, -0.05) is 19.0 Å². The van der Waals surface area contributed by atoms with E-state index in [1.807, 2.05) is 13.8 Å². The predicted molar refractivity (Wildman–Crippen MR) is 80.8 cm³/mol. The lowest BCUT2D eigenvalue weighted by atomic mass is 10.2. The molecule has 2 aromatic rings. The van der Waals surface area contributed by atoms with Crippen LogP contribution in [0.15, 0.2) is 15.7 Å². The maximum absolute atomic E-state index is 12.5. The molecule has 0 radical (unpaired) electrons. The molecule has 0 saturated heterocycles. The summed E-state index contributed by atoms with van der Waals surface area (Å²) in [5, 5.41) is 13.7. The van der Waals surface area contributed by atoms with Gasteiger partial charge in [0.2, 0.25) is 16.9 Å². The smallest absolute Gasteiger partial charge is 0.242 e. The van der Waals surface area contributed by atoms with E-state index in [1.165, 1.54) is 0 Å². The van der Waals surface area contributed by atoms with Gasteiger partial charge in [-0.15, -0.1) is 10.2 Å². The molecule has 1 amide bonds. The molecule has 2 unspecified atom stereocenters. The Morgan fingerprint density at radius 3 is 2.55 bits per heavy atom. The van der Waals surface area contributed by atoms with Crippen LogP contribution in [-0.2, 0) is 22.6 Å². The van der Waals surface area contributed by atoms with Crippen molar-refractivity contribution in [2.24, 2.45) is 7.05 Å². The van der Waals surface area contributed by atoms with Gasteiger partial charge in [-0.25, -0.2) is 0 Å². The maximum Gasteiger partial charge on any atom is 0.242 e. The Morgan fingerprint density at radius 1 is 1.36 bits per heavy atom. The van der Waals surface area contributed by atoms with Crippen LogP contribution in [0.2, 0.25) is 0 Å². The van der Waals surface area contributed by atoms with E-state index in [1.54, 1.807) is 31.5 Å². The highest BCUT2D eigenvalue weighted by Crippen LogP contribution is 2.17. The van der Waals surface area contributed by atoms with Gasteiger partial charge in [0.1, 0.15) is 21.9 Å². The third-order valence-corrected chi connectivity index (χ3v) is 4.70. The zero-order chi connectivity index (χ0) is 16.4. The summed E-state index contributed by atoms with van der Waals surface area (Å²) in [5.74, 6) is 0.683. The van der Waals surface area contributed by atoms with Crippen molar-refractivity contribution in [2.75, 3.05) is 5.32 Å². The fourth-order valence-electron chi connectivity index (χ4n) is 1.91. The summed E-state index contributed by atoms with van der Waals surface area (Å²) in [7, 11) is 0.126. The zero-order valence-corrected chi connectivity index (χ0v) is 14.0. The van der Waals surface area contributed by atoms with Crippen molar-refractivity contribution in [3.05, 3.63) is 17.6 Å². The zero-order valence-electron chi connectivity index (χ0n) is 13.2. The second-order valence-electron chi connectivity index (χ2n) is 5.32. The van der Waals surface area contributed by atoms with Crippen LogP contribution in [0.25, 0.3) is 0 Å². The minimum absolute atomic E-state index is 0.157. The Kier molecular flexibility index (Phi) is 4.74. The summed E-state index contributed by atoms with van der Waals surface area (Å²) < 4.78 is 19.1. The molecule has 9 heteroatoms. The molecule has 0 saturated carbocycles. The van der Waals surface area contributed by atoms with Crippen molar-refractivity contribution in [1.82, 2.24) is 19.9 Å². The lowest BCUT2D eigenvalue weighted by Gasteiger charge is -2.10. The highest BCUT2D eigenvalue weighted by atomic mass is 32.2. The molecule has 2 rings (SSSR count). The van der Waals surface area contributed by atoms with E-state index in [-0.39, 0.29) is 17.0 Å². The topological polar surface area (TPSA) is 103 Å². The average molecular weight is 325 g/mol. The molecule has 0 aliphatic rings. The number of anilines is 1. The molecule has 2 aromatic heterocycles. The van der Waals surface area contributed by atoms with Crippen LogP contribution in [-0.4, -0.2) is 35.3 Å². The summed E-state index contributed by atoms with van der Waals surface area (Å²) in [4.78, 5) is 12.1. The second-order valence-corrected chi connectivity index (χ2v) is 6.98. The van der Waals surface area contributed by atoms with Gasteiger partial charge in [-0.05, 0) is 13.8 Å². The van der Waals surface area contributed by atoms with E-state index in [0.29, 0.717) is 5.69 Å². The van der Waals surface area contributed by atoms with E-state index in [0.717, 1.165) is 5.82 Å². The van der Waals surface area contributed by atoms with Crippen molar-refractivity contribution in [1.29, 1.82) is 0 Å². The number of rotatable bonds is 5. The second kappa shape index (κ2) is 6.39. The van der Waals surface area contributed by atoms with Crippen LogP contribution >= 0.6 is 0 Å². The average Bonchev–Trinajstić information content (AvgIpc) is 3.03. The summed E-state index contributed by atoms with van der Waals surface area (Å²) in [6, 6.07) is 1.59. The highest BCUT2D eigenvalue weighted by Gasteiger charge is 2.27. The first-order valence-corrected chi connectivity index (χ1v) is 8.06. The summed E-state index contributed by atoms with van der Waals surface area (Å²) in [6.45, 7) is 7.25. The van der Waals surface area contributed by atoms with Crippen LogP contribution in [0.3, 0.4) is 0 Å².